The fourth-order valence-electron chi connectivity index (χ4n) is 4.90. The van der Waals surface area contributed by atoms with E-state index < -0.39 is 0 Å². The zero-order chi connectivity index (χ0) is 33.0. The van der Waals surface area contributed by atoms with E-state index in [1.807, 2.05) is 34.6 Å². The summed E-state index contributed by atoms with van der Waals surface area (Å²) in [6.45, 7) is 42.4. The molecule has 0 aromatic heterocycles. The highest BCUT2D eigenvalue weighted by atomic mass is 14.4. The molecule has 0 N–H and O–H groups in total. The molecule has 2 aliphatic carbocycles. The van der Waals surface area contributed by atoms with E-state index in [1.54, 1.807) is 5.56 Å². The molecule has 244 valence electrons. The highest BCUT2D eigenvalue weighted by molar-refractivity contribution is 5.31. The van der Waals surface area contributed by atoms with E-state index in [1.165, 1.54) is 74.5 Å². The molecule has 0 spiro atoms. The topological polar surface area (TPSA) is 0 Å². The number of hydrogen-bond acceptors (Lipinski definition) is 0. The summed E-state index contributed by atoms with van der Waals surface area (Å²) in [7, 11) is 0. The van der Waals surface area contributed by atoms with E-state index in [-0.39, 0.29) is 0 Å². The molecular formula is C41H80. The molecule has 3 rings (SSSR count). The van der Waals surface area contributed by atoms with Gasteiger partial charge in [0.15, 0.2) is 0 Å². The lowest BCUT2D eigenvalue weighted by molar-refractivity contribution is 0.129. The number of allylic oxidation sites excluding steroid dienone is 1. The van der Waals surface area contributed by atoms with Crippen molar-refractivity contribution in [3.63, 3.8) is 0 Å². The van der Waals surface area contributed by atoms with Gasteiger partial charge in [0, 0.05) is 0 Å². The van der Waals surface area contributed by atoms with Crippen LogP contribution in [0.15, 0.2) is 43.5 Å². The fourth-order valence-corrected chi connectivity index (χ4v) is 4.90. The van der Waals surface area contributed by atoms with Gasteiger partial charge in [-0.05, 0) is 86.2 Å². The second-order valence-electron chi connectivity index (χ2n) is 12.5. The summed E-state index contributed by atoms with van der Waals surface area (Å²) in [5.74, 6) is 5.54. The van der Waals surface area contributed by atoms with Crippen molar-refractivity contribution in [2.75, 3.05) is 0 Å². The zero-order valence-corrected chi connectivity index (χ0v) is 31.4. The third-order valence-electron chi connectivity index (χ3n) is 7.95. The summed E-state index contributed by atoms with van der Waals surface area (Å²) in [6, 6.07) is 7.16. The Morgan fingerprint density at radius 1 is 0.805 bits per heavy atom. The summed E-state index contributed by atoms with van der Waals surface area (Å²) in [5, 5.41) is 0. The van der Waals surface area contributed by atoms with Crippen LogP contribution in [-0.2, 0) is 6.42 Å². The third-order valence-corrected chi connectivity index (χ3v) is 7.95. The van der Waals surface area contributed by atoms with Gasteiger partial charge in [0.05, 0.1) is 0 Å². The molecule has 1 unspecified atom stereocenters. The van der Waals surface area contributed by atoms with Crippen LogP contribution in [0.4, 0.5) is 0 Å². The highest BCUT2D eigenvalue weighted by Crippen LogP contribution is 2.41. The molecule has 2 fully saturated rings. The molecule has 0 bridgehead atoms. The van der Waals surface area contributed by atoms with Crippen LogP contribution in [0.2, 0.25) is 0 Å². The summed E-state index contributed by atoms with van der Waals surface area (Å²) in [4.78, 5) is 0. The Morgan fingerprint density at radius 3 is 1.51 bits per heavy atom. The third kappa shape index (κ3) is 26.1. The van der Waals surface area contributed by atoms with Crippen molar-refractivity contribution in [1.82, 2.24) is 0 Å². The van der Waals surface area contributed by atoms with Crippen molar-refractivity contribution in [2.24, 2.45) is 29.6 Å². The molecule has 0 amide bonds. The summed E-state index contributed by atoms with van der Waals surface area (Å²) < 4.78 is 0. The highest BCUT2D eigenvalue weighted by Gasteiger charge is 2.31. The second-order valence-corrected chi connectivity index (χ2v) is 12.5. The van der Waals surface area contributed by atoms with Gasteiger partial charge in [-0.1, -0.05) is 158 Å². The number of hydrogen-bond donors (Lipinski definition) is 0. The van der Waals surface area contributed by atoms with Gasteiger partial charge < -0.3 is 0 Å². The fraction of sp³-hybridized carbons (Fsp3) is 0.756. The first kappa shape index (κ1) is 46.7. The quantitative estimate of drug-likeness (QED) is 0.297. The molecule has 0 heterocycles. The molecule has 0 heteroatoms. The van der Waals surface area contributed by atoms with Crippen LogP contribution >= 0.6 is 0 Å². The number of rotatable bonds is 6. The lowest BCUT2D eigenvalue weighted by atomic mass is 9.67. The molecule has 1 aromatic rings. The van der Waals surface area contributed by atoms with E-state index >= 15 is 0 Å². The van der Waals surface area contributed by atoms with E-state index in [9.17, 15) is 0 Å². The molecule has 1 atom stereocenters. The van der Waals surface area contributed by atoms with Crippen molar-refractivity contribution in [3.8, 4) is 0 Å². The van der Waals surface area contributed by atoms with Crippen LogP contribution in [0.3, 0.4) is 0 Å². The van der Waals surface area contributed by atoms with Crippen LogP contribution < -0.4 is 0 Å². The van der Waals surface area contributed by atoms with Crippen molar-refractivity contribution in [3.05, 3.63) is 60.2 Å². The Kier molecular flexibility index (Phi) is 36.0. The monoisotopic (exact) mass is 573 g/mol. The average Bonchev–Trinajstić information content (AvgIpc) is 2.94. The van der Waals surface area contributed by atoms with Crippen LogP contribution in [0.1, 0.15) is 177 Å². The van der Waals surface area contributed by atoms with E-state index in [0.29, 0.717) is 5.92 Å². The minimum Gasteiger partial charge on any atom is -0.106 e. The van der Waals surface area contributed by atoms with Crippen molar-refractivity contribution >= 4 is 0 Å². The van der Waals surface area contributed by atoms with Gasteiger partial charge in [0.2, 0.25) is 0 Å². The molecule has 0 aliphatic heterocycles. The van der Waals surface area contributed by atoms with E-state index in [2.05, 4.69) is 107 Å². The smallest absolute Gasteiger partial charge is 0.0219 e. The number of benzene rings is 1. The average molecular weight is 573 g/mol. The second kappa shape index (κ2) is 31.6. The van der Waals surface area contributed by atoms with Gasteiger partial charge in [0.25, 0.3) is 0 Å². The zero-order valence-electron chi connectivity index (χ0n) is 31.4. The Morgan fingerprint density at radius 2 is 1.20 bits per heavy atom. The lowest BCUT2D eigenvalue weighted by Crippen LogP contribution is -2.29. The van der Waals surface area contributed by atoms with Gasteiger partial charge >= 0.3 is 0 Å². The molecule has 1 aromatic carbocycles. The SMILES string of the molecule is C=C.C=C(C)CC.CC.CC.CC1CCC(C)CC1.CCC.CCC1CC(C(C)Cc2cc(C)cc(C(C)C)c2)C1. The van der Waals surface area contributed by atoms with Crippen LogP contribution in [0, 0.1) is 36.5 Å². The Balaban J connectivity index is -0.000000258. The van der Waals surface area contributed by atoms with Crippen LogP contribution in [0.25, 0.3) is 0 Å². The van der Waals surface area contributed by atoms with E-state index in [0.717, 1.165) is 36.0 Å². The van der Waals surface area contributed by atoms with E-state index in [4.69, 9.17) is 0 Å². The Hall–Kier alpha value is -1.30. The van der Waals surface area contributed by atoms with Gasteiger partial charge in [-0.15, -0.1) is 19.7 Å². The first-order valence-electron chi connectivity index (χ1n) is 17.7. The molecule has 0 saturated heterocycles. The number of aryl methyl sites for hydroxylation is 1. The maximum absolute atomic E-state index is 3.67. The maximum Gasteiger partial charge on any atom is -0.0219 e. The van der Waals surface area contributed by atoms with Crippen LogP contribution in [-0.4, -0.2) is 0 Å². The molecule has 41 heavy (non-hydrogen) atoms. The van der Waals surface area contributed by atoms with Crippen molar-refractivity contribution in [1.29, 1.82) is 0 Å². The minimum atomic E-state index is 0.641. The molecule has 2 aliphatic rings. The minimum absolute atomic E-state index is 0.641. The van der Waals surface area contributed by atoms with Crippen molar-refractivity contribution < 1.29 is 0 Å². The normalized spacial score (nSPS) is 20.8. The standard InChI is InChI=1S/C19H30.C8H16.C5H10.C3H8.2C2H6.C2H4/c1-6-16-10-19(11-16)15(5)9-17-7-14(4)8-18(12-17)13(2)3;1-7-3-5-8(2)6-4-7;1-4-5(2)3;1-3-2;3*1-2/h7-8,12-13,15-16,19H,6,9-11H2,1-5H3;7-8H,3-6H2,1-2H3;2,4H2,1,3H3;3H2,1-2H3;2*1-2H3;1-2H2. The summed E-state index contributed by atoms with van der Waals surface area (Å²) >= 11 is 0. The molecule has 0 nitrogen and oxygen atoms in total. The van der Waals surface area contributed by atoms with Gasteiger partial charge in [-0.2, -0.15) is 0 Å². The Labute approximate surface area is 263 Å². The van der Waals surface area contributed by atoms with Crippen molar-refractivity contribution in [2.45, 2.75) is 174 Å². The van der Waals surface area contributed by atoms with Gasteiger partial charge in [-0.3, -0.25) is 0 Å². The first-order valence-corrected chi connectivity index (χ1v) is 17.7. The molecular weight excluding hydrogens is 492 g/mol. The van der Waals surface area contributed by atoms with Crippen LogP contribution in [0.5, 0.6) is 0 Å². The predicted molar refractivity (Wildman–Crippen MR) is 196 cm³/mol. The maximum atomic E-state index is 3.67. The summed E-state index contributed by atoms with van der Waals surface area (Å²) in [6.07, 6.45) is 13.8. The first-order chi connectivity index (χ1) is 19.5. The lowest BCUT2D eigenvalue weighted by Gasteiger charge is -2.39. The Bertz CT molecular complexity index is 657. The summed E-state index contributed by atoms with van der Waals surface area (Å²) in [5.41, 5.74) is 5.73. The molecule has 2 saturated carbocycles. The predicted octanol–water partition coefficient (Wildman–Crippen LogP) is 14.8. The molecule has 0 radical (unpaired) electrons. The largest absolute Gasteiger partial charge is 0.106 e. The van der Waals surface area contributed by atoms with Gasteiger partial charge in [-0.25, -0.2) is 0 Å². The van der Waals surface area contributed by atoms with Gasteiger partial charge in [0.1, 0.15) is 0 Å².